The highest BCUT2D eigenvalue weighted by molar-refractivity contribution is 5.71. The van der Waals surface area contributed by atoms with Crippen molar-refractivity contribution in [2.45, 2.75) is 335 Å². The molecule has 1 unspecified atom stereocenters. The predicted molar refractivity (Wildman–Crippen MR) is 289 cm³/mol. The SMILES string of the molecule is CCCCCC/C=C\C/C=C\CCCCCCCC(=O)OC(COC(=O)CCCCCCCCCCCC)COC(=O)CCCCCCCCCCCCCCCCCCCCCCCCC. The van der Waals surface area contributed by atoms with Crippen molar-refractivity contribution in [1.29, 1.82) is 0 Å². The van der Waals surface area contributed by atoms with Gasteiger partial charge in [-0.05, 0) is 51.4 Å². The van der Waals surface area contributed by atoms with E-state index in [2.05, 4.69) is 45.1 Å². The Labute approximate surface area is 417 Å². The first kappa shape index (κ1) is 64.9. The van der Waals surface area contributed by atoms with Gasteiger partial charge in [0.2, 0.25) is 0 Å². The molecule has 0 rings (SSSR count). The van der Waals surface area contributed by atoms with Gasteiger partial charge >= 0.3 is 17.9 Å². The molecular weight excluding hydrogens is 829 g/mol. The molecule has 0 aromatic carbocycles. The Morgan fingerprint density at radius 1 is 0.299 bits per heavy atom. The summed E-state index contributed by atoms with van der Waals surface area (Å²) >= 11 is 0. The second-order valence-electron chi connectivity index (χ2n) is 20.3. The summed E-state index contributed by atoms with van der Waals surface area (Å²) in [6, 6.07) is 0. The molecule has 0 spiro atoms. The maximum Gasteiger partial charge on any atom is 0.306 e. The topological polar surface area (TPSA) is 78.9 Å². The Kier molecular flexibility index (Phi) is 54.7. The van der Waals surface area contributed by atoms with Crippen molar-refractivity contribution in [2.24, 2.45) is 0 Å². The van der Waals surface area contributed by atoms with E-state index in [1.54, 1.807) is 0 Å². The number of rotatable bonds is 55. The molecule has 1 atom stereocenters. The number of hydrogen-bond acceptors (Lipinski definition) is 6. The van der Waals surface area contributed by atoms with Gasteiger partial charge in [0.25, 0.3) is 0 Å². The summed E-state index contributed by atoms with van der Waals surface area (Å²) in [5.41, 5.74) is 0. The van der Waals surface area contributed by atoms with Gasteiger partial charge in [0.05, 0.1) is 0 Å². The number of esters is 3. The number of allylic oxidation sites excluding steroid dienone is 4. The maximum atomic E-state index is 12.8. The molecular formula is C61H114O6. The van der Waals surface area contributed by atoms with Gasteiger partial charge in [0.1, 0.15) is 13.2 Å². The molecule has 0 saturated carbocycles. The molecule has 0 N–H and O–H groups in total. The molecule has 0 fully saturated rings. The first-order valence-electron chi connectivity index (χ1n) is 29.8. The fraction of sp³-hybridized carbons (Fsp3) is 0.885. The van der Waals surface area contributed by atoms with E-state index >= 15 is 0 Å². The Morgan fingerprint density at radius 3 is 0.836 bits per heavy atom. The van der Waals surface area contributed by atoms with Crippen LogP contribution in [-0.4, -0.2) is 37.2 Å². The van der Waals surface area contributed by atoms with Gasteiger partial charge in [-0.25, -0.2) is 0 Å². The molecule has 6 heteroatoms. The van der Waals surface area contributed by atoms with E-state index < -0.39 is 6.10 Å². The summed E-state index contributed by atoms with van der Waals surface area (Å²) in [5, 5.41) is 0. The van der Waals surface area contributed by atoms with Crippen LogP contribution in [0.25, 0.3) is 0 Å². The molecule has 394 valence electrons. The standard InChI is InChI=1S/C61H114O6/c1-4-7-10-13-16-19-22-24-26-28-29-30-31-32-33-34-36-37-39-42-45-48-51-54-60(63)66-57-58(56-65-59(62)53-50-47-44-41-21-18-15-12-9-6-3)67-61(64)55-52-49-46-43-40-38-35-27-25-23-20-17-14-11-8-5-2/h20,23,27,35,58H,4-19,21-22,24-26,28-34,36-57H2,1-3H3/b23-20-,35-27-. The summed E-state index contributed by atoms with van der Waals surface area (Å²) < 4.78 is 16.9. The van der Waals surface area contributed by atoms with E-state index in [1.165, 1.54) is 212 Å². The summed E-state index contributed by atoms with van der Waals surface area (Å²) in [4.78, 5) is 38.1. The van der Waals surface area contributed by atoms with Crippen LogP contribution in [-0.2, 0) is 28.6 Å². The van der Waals surface area contributed by atoms with Crippen LogP contribution in [0.1, 0.15) is 329 Å². The molecule has 6 nitrogen and oxygen atoms in total. The molecule has 0 aromatic heterocycles. The normalized spacial score (nSPS) is 12.1. The predicted octanol–water partition coefficient (Wildman–Crippen LogP) is 19.9. The number of ether oxygens (including phenoxy) is 3. The highest BCUT2D eigenvalue weighted by Gasteiger charge is 2.19. The van der Waals surface area contributed by atoms with Gasteiger partial charge in [-0.3, -0.25) is 14.4 Å². The molecule has 0 saturated heterocycles. The smallest absolute Gasteiger partial charge is 0.306 e. The zero-order chi connectivity index (χ0) is 48.6. The Hall–Kier alpha value is -2.11. The number of carbonyl (C=O) groups is 3. The van der Waals surface area contributed by atoms with Gasteiger partial charge in [0, 0.05) is 19.3 Å². The summed E-state index contributed by atoms with van der Waals surface area (Å²) in [6.45, 7) is 6.65. The molecule has 0 aliphatic carbocycles. The van der Waals surface area contributed by atoms with E-state index in [-0.39, 0.29) is 31.1 Å². The summed E-state index contributed by atoms with van der Waals surface area (Å²) in [5.74, 6) is -0.866. The number of hydrogen-bond donors (Lipinski definition) is 0. The van der Waals surface area contributed by atoms with Crippen molar-refractivity contribution < 1.29 is 28.6 Å². The van der Waals surface area contributed by atoms with Crippen molar-refractivity contribution in [3.8, 4) is 0 Å². The lowest BCUT2D eigenvalue weighted by Gasteiger charge is -2.18. The van der Waals surface area contributed by atoms with Crippen LogP contribution < -0.4 is 0 Å². The number of unbranched alkanes of at least 4 members (excludes halogenated alkanes) is 40. The number of carbonyl (C=O) groups excluding carboxylic acids is 3. The zero-order valence-corrected chi connectivity index (χ0v) is 45.2. The van der Waals surface area contributed by atoms with E-state index in [4.69, 9.17) is 14.2 Å². The first-order valence-corrected chi connectivity index (χ1v) is 29.8. The maximum absolute atomic E-state index is 12.8. The van der Waals surface area contributed by atoms with Crippen LogP contribution in [0.15, 0.2) is 24.3 Å². The summed E-state index contributed by atoms with van der Waals surface area (Å²) in [7, 11) is 0. The average Bonchev–Trinajstić information content (AvgIpc) is 3.33. The Bertz CT molecular complexity index is 1080. The van der Waals surface area contributed by atoms with Crippen LogP contribution in [0, 0.1) is 0 Å². The minimum atomic E-state index is -0.773. The first-order chi connectivity index (χ1) is 33.0. The molecule has 0 radical (unpaired) electrons. The zero-order valence-electron chi connectivity index (χ0n) is 45.2. The van der Waals surface area contributed by atoms with Crippen molar-refractivity contribution in [3.05, 3.63) is 24.3 Å². The quantitative estimate of drug-likeness (QED) is 0.0262. The molecule has 0 aliphatic heterocycles. The molecule has 0 bridgehead atoms. The van der Waals surface area contributed by atoms with Crippen molar-refractivity contribution in [1.82, 2.24) is 0 Å². The lowest BCUT2D eigenvalue weighted by molar-refractivity contribution is -0.167. The van der Waals surface area contributed by atoms with Crippen LogP contribution >= 0.6 is 0 Å². The van der Waals surface area contributed by atoms with Gasteiger partial charge < -0.3 is 14.2 Å². The third-order valence-electron chi connectivity index (χ3n) is 13.5. The van der Waals surface area contributed by atoms with Crippen LogP contribution in [0.2, 0.25) is 0 Å². The summed E-state index contributed by atoms with van der Waals surface area (Å²) in [6.07, 6.45) is 66.1. The van der Waals surface area contributed by atoms with E-state index in [0.717, 1.165) is 77.0 Å². The van der Waals surface area contributed by atoms with Crippen LogP contribution in [0.3, 0.4) is 0 Å². The van der Waals surface area contributed by atoms with E-state index in [1.807, 2.05) is 0 Å². The van der Waals surface area contributed by atoms with Gasteiger partial charge in [-0.1, -0.05) is 283 Å². The van der Waals surface area contributed by atoms with E-state index in [9.17, 15) is 14.4 Å². The fourth-order valence-electron chi connectivity index (χ4n) is 8.95. The minimum Gasteiger partial charge on any atom is -0.462 e. The van der Waals surface area contributed by atoms with Crippen molar-refractivity contribution in [3.63, 3.8) is 0 Å². The Balaban J connectivity index is 4.21. The highest BCUT2D eigenvalue weighted by Crippen LogP contribution is 2.17. The van der Waals surface area contributed by atoms with Crippen molar-refractivity contribution >= 4 is 17.9 Å². The van der Waals surface area contributed by atoms with Gasteiger partial charge in [-0.15, -0.1) is 0 Å². The Morgan fingerprint density at radius 2 is 0.537 bits per heavy atom. The second kappa shape index (κ2) is 56.5. The van der Waals surface area contributed by atoms with Crippen LogP contribution in [0.4, 0.5) is 0 Å². The highest BCUT2D eigenvalue weighted by atomic mass is 16.6. The second-order valence-corrected chi connectivity index (χ2v) is 20.3. The molecule has 0 heterocycles. The lowest BCUT2D eigenvalue weighted by Crippen LogP contribution is -2.30. The third-order valence-corrected chi connectivity index (χ3v) is 13.5. The monoisotopic (exact) mass is 943 g/mol. The minimum absolute atomic E-state index is 0.0717. The third kappa shape index (κ3) is 54.7. The average molecular weight is 944 g/mol. The van der Waals surface area contributed by atoms with Gasteiger partial charge in [-0.2, -0.15) is 0 Å². The molecule has 0 aromatic rings. The molecule has 67 heavy (non-hydrogen) atoms. The fourth-order valence-corrected chi connectivity index (χ4v) is 8.95. The largest absolute Gasteiger partial charge is 0.462 e. The van der Waals surface area contributed by atoms with E-state index in [0.29, 0.717) is 19.3 Å². The van der Waals surface area contributed by atoms with Crippen LogP contribution in [0.5, 0.6) is 0 Å². The molecule has 0 amide bonds. The lowest BCUT2D eigenvalue weighted by atomic mass is 10.0. The van der Waals surface area contributed by atoms with Crippen molar-refractivity contribution in [2.75, 3.05) is 13.2 Å². The molecule has 0 aliphatic rings. The van der Waals surface area contributed by atoms with Gasteiger partial charge in [0.15, 0.2) is 6.10 Å².